The van der Waals surface area contributed by atoms with Gasteiger partial charge in [0.1, 0.15) is 0 Å². The van der Waals surface area contributed by atoms with Crippen LogP contribution in [0.15, 0.2) is 0 Å². The average molecular weight is 242 g/mol. The molecule has 0 aromatic rings. The Balaban J connectivity index is 2.19. The van der Waals surface area contributed by atoms with Gasteiger partial charge in [-0.1, -0.05) is 0 Å². The van der Waals surface area contributed by atoms with E-state index in [4.69, 9.17) is 0 Å². The second kappa shape index (κ2) is 6.48. The summed E-state index contributed by atoms with van der Waals surface area (Å²) < 4.78 is 9.10. The second-order valence-corrected chi connectivity index (χ2v) is 3.62. The summed E-state index contributed by atoms with van der Waals surface area (Å²) in [5.74, 6) is 0. The van der Waals surface area contributed by atoms with Crippen molar-refractivity contribution < 1.29 is 65.9 Å². The molecule has 0 aliphatic heterocycles. The molecule has 0 aliphatic carbocycles. The van der Waals surface area contributed by atoms with Crippen molar-refractivity contribution >= 4 is 12.3 Å². The van der Waals surface area contributed by atoms with Gasteiger partial charge in [0.25, 0.3) is 0 Å². The minimum absolute atomic E-state index is 0.809. The molecule has 5 heteroatoms. The van der Waals surface area contributed by atoms with Crippen LogP contribution in [0.2, 0.25) is 0 Å². The summed E-state index contributed by atoms with van der Waals surface area (Å²) in [6, 6.07) is 0. The van der Waals surface area contributed by atoms with Crippen molar-refractivity contribution in [1.29, 1.82) is 0 Å². The van der Waals surface area contributed by atoms with E-state index >= 15 is 0 Å². The Morgan fingerprint density at radius 3 is 1.60 bits per heavy atom. The van der Waals surface area contributed by atoms with Gasteiger partial charge in [0, 0.05) is 0 Å². The topological polar surface area (TPSA) is 18.5 Å². The Morgan fingerprint density at radius 2 is 1.60 bits per heavy atom. The van der Waals surface area contributed by atoms with E-state index in [0.717, 1.165) is 75.3 Å². The van der Waals surface area contributed by atoms with E-state index < -0.39 is 0 Å². The van der Waals surface area contributed by atoms with Gasteiger partial charge in [-0.15, -0.1) is 0 Å². The third-order valence-corrected chi connectivity index (χ3v) is 1.39. The van der Waals surface area contributed by atoms with E-state index in [1.165, 1.54) is 0 Å². The Morgan fingerprint density at radius 1 is 1.20 bits per heavy atom. The normalized spacial score (nSPS) is 7.60. The van der Waals surface area contributed by atoms with Gasteiger partial charge in [-0.2, -0.15) is 0 Å². The molecule has 0 saturated heterocycles. The van der Waals surface area contributed by atoms with Crippen LogP contribution in [-0.4, -0.2) is 0 Å². The first-order chi connectivity index (χ1) is 2.41. The Hall–Kier alpha value is 2.48. The Kier molecular flexibility index (Phi) is 9.69. The van der Waals surface area contributed by atoms with Gasteiger partial charge in [0.2, 0.25) is 0 Å². The third kappa shape index (κ3) is 6.48. The zero-order valence-corrected chi connectivity index (χ0v) is 8.87. The molecule has 0 saturated carbocycles. The summed E-state index contributed by atoms with van der Waals surface area (Å²) in [5.41, 5.74) is 0. The Bertz CT molecular complexity index is 15.1. The van der Waals surface area contributed by atoms with Crippen molar-refractivity contribution in [2.24, 2.45) is 0 Å². The van der Waals surface area contributed by atoms with Crippen LogP contribution in [0.5, 0.6) is 0 Å². The Labute approximate surface area is 76.7 Å². The fourth-order valence-electron chi connectivity index (χ4n) is 0.0227. The summed E-state index contributed by atoms with van der Waals surface area (Å²) in [7, 11) is 0. The molecule has 0 heterocycles. The van der Waals surface area contributed by atoms with Crippen molar-refractivity contribution in [3.8, 4) is 0 Å². The van der Waals surface area contributed by atoms with Crippen molar-refractivity contribution in [2.45, 2.75) is 0 Å². The first kappa shape index (κ1) is 7.48. The molecule has 5 heavy (non-hydrogen) atoms. The first-order valence-electron chi connectivity index (χ1n) is 0.805. The molecule has 0 unspecified atom stereocenters. The fourth-order valence-corrected chi connectivity index (χ4v) is 2.38. The van der Waals surface area contributed by atoms with Crippen molar-refractivity contribution in [2.75, 3.05) is 0 Å². The minimum atomic E-state index is 0.809. The number of hydrogen-bond donors (Lipinski definition) is 0. The van der Waals surface area contributed by atoms with Crippen LogP contribution in [0.4, 0.5) is 0 Å². The maximum atomic E-state index is 4.55. The number of hydrogen-bond acceptors (Lipinski definition) is 3. The van der Waals surface area contributed by atoms with Gasteiger partial charge in [-0.05, 0) is 0 Å². The van der Waals surface area contributed by atoms with E-state index in [1.54, 1.807) is 0 Å². The predicted octanol–water partition coefficient (Wildman–Crippen LogP) is 0.506. The zero-order valence-electron chi connectivity index (χ0n) is 2.38. The molecule has 0 fully saturated rings. The third-order valence-electron chi connectivity index (χ3n) is 0.0786. The van der Waals surface area contributed by atoms with E-state index in [9.17, 15) is 0 Å². The molecule has 0 rings (SSSR count). The zero-order chi connectivity index (χ0) is 4.12. The van der Waals surface area contributed by atoms with E-state index in [1.807, 2.05) is 0 Å². The summed E-state index contributed by atoms with van der Waals surface area (Å²) in [4.78, 5) is 0. The maximum absolute atomic E-state index is 4.55. The van der Waals surface area contributed by atoms with E-state index in [-0.39, 0.29) is 0 Å². The monoisotopic (exact) mass is 242 g/mol. The molecule has 0 atom stereocenters. The molecule has 0 spiro atoms. The van der Waals surface area contributed by atoms with E-state index in [0.29, 0.717) is 0 Å². The first-order valence-corrected chi connectivity index (χ1v) is 3.79. The van der Waals surface area contributed by atoms with Gasteiger partial charge in [-0.25, -0.2) is 0 Å². The summed E-state index contributed by atoms with van der Waals surface area (Å²) in [6.45, 7) is 0. The van der Waals surface area contributed by atoms with Gasteiger partial charge in [-0.3, -0.25) is 0 Å². The molecule has 0 aromatic carbocycles. The molecule has 0 N–H and O–H groups in total. The molecule has 0 radical (unpaired) electrons. The van der Waals surface area contributed by atoms with Crippen LogP contribution < -0.4 is 0 Å². The standard InChI is InChI=1S/H2O2S.2Y/c1-3-2;;/h1-2H;;/q;2*+1/p-2. The van der Waals surface area contributed by atoms with Gasteiger partial charge in [0.05, 0.1) is 0 Å². The molecule has 24 valence electrons. The van der Waals surface area contributed by atoms with Gasteiger partial charge < -0.3 is 0 Å². The van der Waals surface area contributed by atoms with Crippen molar-refractivity contribution in [3.05, 3.63) is 0 Å². The van der Waals surface area contributed by atoms with Crippen molar-refractivity contribution in [1.82, 2.24) is 0 Å². The molecule has 0 aromatic heterocycles. The van der Waals surface area contributed by atoms with Crippen LogP contribution >= 0.6 is 12.3 Å². The SMILES string of the molecule is [Y][O]S[O][Y]. The summed E-state index contributed by atoms with van der Waals surface area (Å²) in [6.07, 6.45) is 0. The molecule has 2 nitrogen and oxygen atoms in total. The summed E-state index contributed by atoms with van der Waals surface area (Å²) >= 11 is 2.70. The molecule has 0 aliphatic rings. The molecule has 0 bridgehead atoms. The summed E-state index contributed by atoms with van der Waals surface area (Å²) in [5, 5.41) is 0. The predicted molar refractivity (Wildman–Crippen MR) is 9.76 cm³/mol. The van der Waals surface area contributed by atoms with Crippen LogP contribution in [0.25, 0.3) is 0 Å². The molecular formula is O2SY2. The van der Waals surface area contributed by atoms with Crippen molar-refractivity contribution in [3.63, 3.8) is 0 Å². The quantitative estimate of drug-likeness (QED) is 0.657. The van der Waals surface area contributed by atoms with Crippen LogP contribution in [0.3, 0.4) is 0 Å². The number of rotatable bonds is 2. The van der Waals surface area contributed by atoms with Crippen LogP contribution in [-0.2, 0) is 65.9 Å². The fraction of sp³-hybridized carbons (Fsp3) is 0. The van der Waals surface area contributed by atoms with Gasteiger partial charge in [0.15, 0.2) is 0 Å². The molecular weight excluding hydrogens is 242 g/mol. The van der Waals surface area contributed by atoms with Gasteiger partial charge >= 0.3 is 78.2 Å². The van der Waals surface area contributed by atoms with Crippen LogP contribution in [0, 0.1) is 0 Å². The molecule has 0 amide bonds. The van der Waals surface area contributed by atoms with E-state index in [2.05, 4.69) is 3.00 Å². The average Bonchev–Trinajstić information content (AvgIpc) is 1.41. The van der Waals surface area contributed by atoms with Crippen LogP contribution in [0.1, 0.15) is 0 Å². The second-order valence-electron chi connectivity index (χ2n) is 0.260.